The van der Waals surface area contributed by atoms with Gasteiger partial charge in [0.1, 0.15) is 0 Å². The molecule has 76 valence electrons. The molecular weight excluding hydrogens is 168 g/mol. The first kappa shape index (κ1) is 11.0. The van der Waals surface area contributed by atoms with Crippen LogP contribution in [0.15, 0.2) is 36.9 Å². The number of hydrogen-bond donors (Lipinski definition) is 0. The average molecular weight is 188 g/mol. The number of unbranched alkanes of at least 4 members (excludes halogenated alkanes) is 1. The lowest BCUT2D eigenvalue weighted by Gasteiger charge is -2.02. The van der Waals surface area contributed by atoms with E-state index in [0.717, 1.165) is 6.42 Å². The van der Waals surface area contributed by atoms with Crippen LogP contribution >= 0.6 is 0 Å². The highest BCUT2D eigenvalue weighted by atomic mass is 14.0. The van der Waals surface area contributed by atoms with Crippen LogP contribution in [0.2, 0.25) is 0 Å². The Hall–Kier alpha value is -1.04. The second kappa shape index (κ2) is 6.42. The van der Waals surface area contributed by atoms with Crippen LogP contribution in [0.1, 0.15) is 37.3 Å². The van der Waals surface area contributed by atoms with E-state index in [4.69, 9.17) is 0 Å². The van der Waals surface area contributed by atoms with Crippen molar-refractivity contribution in [2.45, 2.75) is 39.0 Å². The van der Waals surface area contributed by atoms with Gasteiger partial charge in [0.15, 0.2) is 0 Å². The summed E-state index contributed by atoms with van der Waals surface area (Å²) in [4.78, 5) is 0. The Morgan fingerprint density at radius 2 is 1.64 bits per heavy atom. The van der Waals surface area contributed by atoms with E-state index in [9.17, 15) is 0 Å². The highest BCUT2D eigenvalue weighted by molar-refractivity contribution is 5.22. The van der Waals surface area contributed by atoms with E-state index in [1.165, 1.54) is 36.8 Å². The Balaban J connectivity index is 2.42. The summed E-state index contributed by atoms with van der Waals surface area (Å²) in [5.74, 6) is 0. The summed E-state index contributed by atoms with van der Waals surface area (Å²) in [5.41, 5.74) is 2.91. The van der Waals surface area contributed by atoms with E-state index < -0.39 is 0 Å². The topological polar surface area (TPSA) is 0 Å². The van der Waals surface area contributed by atoms with Gasteiger partial charge >= 0.3 is 0 Å². The molecule has 0 aliphatic carbocycles. The second-order valence-corrected chi connectivity index (χ2v) is 3.75. The Kier molecular flexibility index (Phi) is 5.06. The Bertz CT molecular complexity index is 256. The van der Waals surface area contributed by atoms with Crippen LogP contribution < -0.4 is 0 Å². The SMILES string of the molecule is C=CCCCc1ccc(CCC)cc1. The third-order valence-electron chi connectivity index (χ3n) is 2.44. The molecule has 1 rings (SSSR count). The Labute approximate surface area is 87.7 Å². The molecule has 0 amide bonds. The molecule has 0 radical (unpaired) electrons. The molecule has 0 atom stereocenters. The fourth-order valence-corrected chi connectivity index (χ4v) is 1.61. The molecule has 0 saturated heterocycles. The predicted molar refractivity (Wildman–Crippen MR) is 63.6 cm³/mol. The van der Waals surface area contributed by atoms with E-state index in [1.54, 1.807) is 0 Å². The van der Waals surface area contributed by atoms with Crippen LogP contribution in [0.5, 0.6) is 0 Å². The molecule has 0 saturated carbocycles. The van der Waals surface area contributed by atoms with E-state index in [0.29, 0.717) is 0 Å². The van der Waals surface area contributed by atoms with Crippen LogP contribution in [-0.4, -0.2) is 0 Å². The molecule has 0 unspecified atom stereocenters. The summed E-state index contributed by atoms with van der Waals surface area (Å²) in [6.07, 6.45) is 7.94. The maximum atomic E-state index is 3.73. The first-order chi connectivity index (χ1) is 6.86. The minimum atomic E-state index is 1.12. The number of rotatable bonds is 6. The molecule has 0 heteroatoms. The molecule has 0 spiro atoms. The van der Waals surface area contributed by atoms with Crippen molar-refractivity contribution in [1.29, 1.82) is 0 Å². The van der Waals surface area contributed by atoms with E-state index >= 15 is 0 Å². The van der Waals surface area contributed by atoms with Crippen molar-refractivity contribution in [3.63, 3.8) is 0 Å². The maximum absolute atomic E-state index is 3.73. The fraction of sp³-hybridized carbons (Fsp3) is 0.429. The van der Waals surface area contributed by atoms with Gasteiger partial charge in [-0.2, -0.15) is 0 Å². The first-order valence-electron chi connectivity index (χ1n) is 5.55. The van der Waals surface area contributed by atoms with Crippen LogP contribution in [0.4, 0.5) is 0 Å². The van der Waals surface area contributed by atoms with Crippen LogP contribution in [0.3, 0.4) is 0 Å². The molecule has 0 aliphatic heterocycles. The largest absolute Gasteiger partial charge is 0.103 e. The summed E-state index contributed by atoms with van der Waals surface area (Å²) in [6, 6.07) is 9.03. The third kappa shape index (κ3) is 3.78. The minimum Gasteiger partial charge on any atom is -0.103 e. The summed E-state index contributed by atoms with van der Waals surface area (Å²) in [6.45, 7) is 5.95. The molecule has 0 aromatic heterocycles. The molecule has 1 aromatic carbocycles. The molecule has 0 N–H and O–H groups in total. The molecule has 0 fully saturated rings. The fourth-order valence-electron chi connectivity index (χ4n) is 1.61. The molecule has 0 nitrogen and oxygen atoms in total. The zero-order valence-electron chi connectivity index (χ0n) is 9.13. The quantitative estimate of drug-likeness (QED) is 0.465. The predicted octanol–water partition coefficient (Wildman–Crippen LogP) is 4.15. The lowest BCUT2D eigenvalue weighted by Crippen LogP contribution is -1.87. The van der Waals surface area contributed by atoms with Gasteiger partial charge in [0.2, 0.25) is 0 Å². The highest BCUT2D eigenvalue weighted by Crippen LogP contribution is 2.09. The van der Waals surface area contributed by atoms with Gasteiger partial charge in [-0.1, -0.05) is 43.7 Å². The van der Waals surface area contributed by atoms with Gasteiger partial charge in [-0.15, -0.1) is 6.58 Å². The van der Waals surface area contributed by atoms with E-state index in [2.05, 4.69) is 37.8 Å². The first-order valence-corrected chi connectivity index (χ1v) is 5.55. The van der Waals surface area contributed by atoms with Crippen molar-refractivity contribution < 1.29 is 0 Å². The Morgan fingerprint density at radius 1 is 1.07 bits per heavy atom. The molecule has 0 heterocycles. The van der Waals surface area contributed by atoms with Gasteiger partial charge in [0.05, 0.1) is 0 Å². The number of allylic oxidation sites excluding steroid dienone is 1. The lowest BCUT2D eigenvalue weighted by atomic mass is 10.0. The molecule has 0 aliphatic rings. The highest BCUT2D eigenvalue weighted by Gasteiger charge is 1.93. The van der Waals surface area contributed by atoms with Crippen molar-refractivity contribution in [1.82, 2.24) is 0 Å². The monoisotopic (exact) mass is 188 g/mol. The standard InChI is InChI=1S/C14H20/c1-3-5-6-8-14-11-9-13(7-4-2)10-12-14/h3,9-12H,1,4-8H2,2H3. The number of hydrogen-bond acceptors (Lipinski definition) is 0. The van der Waals surface area contributed by atoms with Crippen LogP contribution in [-0.2, 0) is 12.8 Å². The molecular formula is C14H20. The van der Waals surface area contributed by atoms with Crippen molar-refractivity contribution in [2.75, 3.05) is 0 Å². The summed E-state index contributed by atoms with van der Waals surface area (Å²) < 4.78 is 0. The summed E-state index contributed by atoms with van der Waals surface area (Å²) >= 11 is 0. The van der Waals surface area contributed by atoms with Crippen LogP contribution in [0, 0.1) is 0 Å². The van der Waals surface area contributed by atoms with Gasteiger partial charge in [0, 0.05) is 0 Å². The normalized spacial score (nSPS) is 10.1. The van der Waals surface area contributed by atoms with Gasteiger partial charge in [-0.05, 0) is 36.8 Å². The van der Waals surface area contributed by atoms with Crippen molar-refractivity contribution in [3.8, 4) is 0 Å². The van der Waals surface area contributed by atoms with E-state index in [-0.39, 0.29) is 0 Å². The number of benzene rings is 1. The minimum absolute atomic E-state index is 1.12. The maximum Gasteiger partial charge on any atom is -0.0276 e. The van der Waals surface area contributed by atoms with Crippen LogP contribution in [0.25, 0.3) is 0 Å². The van der Waals surface area contributed by atoms with E-state index in [1.807, 2.05) is 6.08 Å². The molecule has 1 aromatic rings. The zero-order chi connectivity index (χ0) is 10.2. The second-order valence-electron chi connectivity index (χ2n) is 3.75. The zero-order valence-corrected chi connectivity index (χ0v) is 9.13. The van der Waals surface area contributed by atoms with Crippen molar-refractivity contribution >= 4 is 0 Å². The summed E-state index contributed by atoms with van der Waals surface area (Å²) in [7, 11) is 0. The molecule has 0 bridgehead atoms. The average Bonchev–Trinajstić information content (AvgIpc) is 2.21. The van der Waals surface area contributed by atoms with Gasteiger partial charge in [-0.3, -0.25) is 0 Å². The van der Waals surface area contributed by atoms with Crippen molar-refractivity contribution in [2.24, 2.45) is 0 Å². The summed E-state index contributed by atoms with van der Waals surface area (Å²) in [5, 5.41) is 0. The third-order valence-corrected chi connectivity index (χ3v) is 2.44. The van der Waals surface area contributed by atoms with Crippen molar-refractivity contribution in [3.05, 3.63) is 48.0 Å². The Morgan fingerprint density at radius 3 is 2.14 bits per heavy atom. The van der Waals surface area contributed by atoms with Gasteiger partial charge in [-0.25, -0.2) is 0 Å². The number of aryl methyl sites for hydroxylation is 2. The lowest BCUT2D eigenvalue weighted by molar-refractivity contribution is 0.842. The van der Waals surface area contributed by atoms with Gasteiger partial charge < -0.3 is 0 Å². The molecule has 14 heavy (non-hydrogen) atoms. The van der Waals surface area contributed by atoms with Gasteiger partial charge in [0.25, 0.3) is 0 Å². The smallest absolute Gasteiger partial charge is 0.0276 e.